The lowest BCUT2D eigenvalue weighted by Crippen LogP contribution is -2.34. The first-order valence-electron chi connectivity index (χ1n) is 8.46. The van der Waals surface area contributed by atoms with Crippen LogP contribution >= 0.6 is 34.8 Å². The number of benzene rings is 2. The lowest BCUT2D eigenvalue weighted by molar-refractivity contribution is 0.0959. The van der Waals surface area contributed by atoms with Crippen LogP contribution in [0.3, 0.4) is 0 Å². The molecule has 27 heavy (non-hydrogen) atoms. The van der Waals surface area contributed by atoms with Crippen molar-refractivity contribution in [2.45, 2.75) is 18.9 Å². The first kappa shape index (κ1) is 20.1. The number of nitrogens with zero attached hydrogens (tertiary/aromatic N) is 1. The molecular weight excluding hydrogens is 414 g/mol. The molecule has 0 bridgehead atoms. The maximum absolute atomic E-state index is 14.2. The van der Waals surface area contributed by atoms with Crippen molar-refractivity contribution in [3.05, 3.63) is 56.8 Å². The first-order chi connectivity index (χ1) is 12.9. The van der Waals surface area contributed by atoms with Gasteiger partial charge in [0, 0.05) is 25.3 Å². The molecule has 1 saturated heterocycles. The quantitative estimate of drug-likeness (QED) is 0.708. The number of amides is 1. The van der Waals surface area contributed by atoms with Crippen LogP contribution in [-0.4, -0.2) is 32.1 Å². The van der Waals surface area contributed by atoms with Crippen LogP contribution in [0.15, 0.2) is 30.3 Å². The van der Waals surface area contributed by atoms with Gasteiger partial charge in [-0.2, -0.15) is 0 Å². The van der Waals surface area contributed by atoms with Gasteiger partial charge in [0.05, 0.1) is 26.7 Å². The number of nitrogens with one attached hydrogen (secondary N) is 1. The number of carbonyl (C=O) groups is 1. The monoisotopic (exact) mass is 430 g/mol. The van der Waals surface area contributed by atoms with Crippen molar-refractivity contribution in [3.63, 3.8) is 0 Å². The van der Waals surface area contributed by atoms with Crippen LogP contribution in [0.2, 0.25) is 15.1 Å². The minimum Gasteiger partial charge on any atom is -0.490 e. The molecule has 2 aromatic rings. The van der Waals surface area contributed by atoms with Crippen molar-refractivity contribution in [1.82, 2.24) is 5.32 Å². The molecule has 0 spiro atoms. The van der Waals surface area contributed by atoms with Crippen molar-refractivity contribution in [2.75, 3.05) is 25.1 Å². The van der Waals surface area contributed by atoms with E-state index in [0.717, 1.165) is 31.1 Å². The molecule has 0 saturated carbocycles. The fraction of sp³-hybridized carbons (Fsp3) is 0.316. The van der Waals surface area contributed by atoms with Gasteiger partial charge >= 0.3 is 0 Å². The largest absolute Gasteiger partial charge is 0.490 e. The van der Waals surface area contributed by atoms with Crippen LogP contribution in [0.5, 0.6) is 5.75 Å². The Hall–Kier alpha value is -1.69. The van der Waals surface area contributed by atoms with E-state index in [9.17, 15) is 9.18 Å². The van der Waals surface area contributed by atoms with Gasteiger partial charge in [-0.15, -0.1) is 0 Å². The number of rotatable bonds is 5. The molecule has 3 rings (SSSR count). The Morgan fingerprint density at radius 2 is 2.00 bits per heavy atom. The Labute approximate surface area is 172 Å². The van der Waals surface area contributed by atoms with E-state index in [1.54, 1.807) is 6.07 Å². The van der Waals surface area contributed by atoms with E-state index < -0.39 is 11.7 Å². The standard InChI is InChI=1S/C19H18Cl3FN2O2/c1-24-19(26)13-8-16(22)18(9-17(13)23)27-10-12-3-2-6-25(12)11-4-5-14(20)15(21)7-11/h4-5,7-9,12H,2-3,6,10H2,1H3,(H,24,26). The normalized spacial score (nSPS) is 16.5. The zero-order valence-electron chi connectivity index (χ0n) is 14.6. The van der Waals surface area contributed by atoms with Crippen LogP contribution in [0.4, 0.5) is 10.1 Å². The van der Waals surface area contributed by atoms with Gasteiger partial charge in [0.2, 0.25) is 0 Å². The Bertz CT molecular complexity index is 863. The smallest absolute Gasteiger partial charge is 0.254 e. The second kappa shape index (κ2) is 8.55. The minimum absolute atomic E-state index is 0.0972. The molecule has 1 heterocycles. The summed E-state index contributed by atoms with van der Waals surface area (Å²) in [6, 6.07) is 8.02. The molecule has 1 atom stereocenters. The van der Waals surface area contributed by atoms with Crippen LogP contribution in [0.25, 0.3) is 0 Å². The van der Waals surface area contributed by atoms with E-state index in [4.69, 9.17) is 39.5 Å². The van der Waals surface area contributed by atoms with Crippen molar-refractivity contribution in [1.29, 1.82) is 0 Å². The molecule has 1 N–H and O–H groups in total. The summed E-state index contributed by atoms with van der Waals surface area (Å²) in [5.74, 6) is -1.01. The molecule has 1 amide bonds. The Morgan fingerprint density at radius 1 is 1.22 bits per heavy atom. The van der Waals surface area contributed by atoms with Crippen LogP contribution in [0.1, 0.15) is 23.2 Å². The summed E-state index contributed by atoms with van der Waals surface area (Å²) >= 11 is 18.3. The van der Waals surface area contributed by atoms with Crippen LogP contribution < -0.4 is 15.0 Å². The topological polar surface area (TPSA) is 41.6 Å². The predicted molar refractivity (Wildman–Crippen MR) is 107 cm³/mol. The highest BCUT2D eigenvalue weighted by atomic mass is 35.5. The second-order valence-corrected chi connectivity index (χ2v) is 7.46. The average Bonchev–Trinajstić information content (AvgIpc) is 3.12. The number of carbonyl (C=O) groups excluding carboxylic acids is 1. The highest BCUT2D eigenvalue weighted by molar-refractivity contribution is 6.42. The number of halogens is 4. The summed E-state index contributed by atoms with van der Waals surface area (Å²) in [7, 11) is 1.43. The van der Waals surface area contributed by atoms with Gasteiger partial charge in [0.15, 0.2) is 0 Å². The number of anilines is 1. The molecule has 0 aliphatic carbocycles. The lowest BCUT2D eigenvalue weighted by atomic mass is 10.2. The molecule has 144 valence electrons. The number of hydrogen-bond acceptors (Lipinski definition) is 3. The maximum Gasteiger partial charge on any atom is 0.254 e. The van der Waals surface area contributed by atoms with Crippen molar-refractivity contribution in [3.8, 4) is 5.75 Å². The van der Waals surface area contributed by atoms with Gasteiger partial charge < -0.3 is 15.0 Å². The molecular formula is C19H18Cl3FN2O2. The van der Waals surface area contributed by atoms with Crippen molar-refractivity contribution < 1.29 is 13.9 Å². The van der Waals surface area contributed by atoms with Crippen LogP contribution in [0, 0.1) is 5.82 Å². The molecule has 1 aliphatic heterocycles. The van der Waals surface area contributed by atoms with Gasteiger partial charge in [-0.05, 0) is 37.1 Å². The predicted octanol–water partition coefficient (Wildman–Crippen LogP) is 5.19. The minimum atomic E-state index is -0.679. The summed E-state index contributed by atoms with van der Waals surface area (Å²) in [4.78, 5) is 13.8. The Morgan fingerprint density at radius 3 is 2.70 bits per heavy atom. The zero-order chi connectivity index (χ0) is 19.6. The molecule has 1 aliphatic rings. The third-order valence-corrected chi connectivity index (χ3v) is 5.57. The Kier molecular flexibility index (Phi) is 6.35. The number of ether oxygens (including phenoxy) is 1. The summed E-state index contributed by atoms with van der Waals surface area (Å²) in [5, 5.41) is 3.56. The van der Waals surface area contributed by atoms with E-state index in [2.05, 4.69) is 10.2 Å². The molecule has 2 aromatic carbocycles. The first-order valence-corrected chi connectivity index (χ1v) is 9.59. The highest BCUT2D eigenvalue weighted by Gasteiger charge is 2.26. The van der Waals surface area contributed by atoms with Crippen molar-refractivity contribution >= 4 is 46.4 Å². The number of hydrogen-bond donors (Lipinski definition) is 1. The molecule has 1 unspecified atom stereocenters. The van der Waals surface area contributed by atoms with E-state index in [-0.39, 0.29) is 22.4 Å². The van der Waals surface area contributed by atoms with E-state index >= 15 is 0 Å². The summed E-state index contributed by atoms with van der Waals surface area (Å²) in [6.07, 6.45) is 1.93. The molecule has 1 fully saturated rings. The van der Waals surface area contributed by atoms with E-state index in [1.165, 1.54) is 13.1 Å². The van der Waals surface area contributed by atoms with Gasteiger partial charge in [0.25, 0.3) is 5.91 Å². The summed E-state index contributed by atoms with van der Waals surface area (Å²) in [5.41, 5.74) is 0.843. The van der Waals surface area contributed by atoms with Gasteiger partial charge in [-0.3, -0.25) is 4.79 Å². The third-order valence-electron chi connectivity index (χ3n) is 4.54. The molecule has 4 nitrogen and oxygen atoms in total. The summed E-state index contributed by atoms with van der Waals surface area (Å²) < 4.78 is 19.9. The fourth-order valence-corrected chi connectivity index (χ4v) is 3.66. The van der Waals surface area contributed by atoms with Gasteiger partial charge in [-0.1, -0.05) is 34.8 Å². The zero-order valence-corrected chi connectivity index (χ0v) is 16.8. The van der Waals surface area contributed by atoms with Gasteiger partial charge in [0.1, 0.15) is 18.2 Å². The van der Waals surface area contributed by atoms with E-state index in [0.29, 0.717) is 16.7 Å². The Balaban J connectivity index is 1.73. The summed E-state index contributed by atoms with van der Waals surface area (Å²) in [6.45, 7) is 1.20. The third kappa shape index (κ3) is 4.42. The lowest BCUT2D eigenvalue weighted by Gasteiger charge is -2.27. The molecule has 8 heteroatoms. The van der Waals surface area contributed by atoms with Crippen molar-refractivity contribution in [2.24, 2.45) is 0 Å². The molecule has 0 radical (unpaired) electrons. The maximum atomic E-state index is 14.2. The van der Waals surface area contributed by atoms with E-state index in [1.807, 2.05) is 12.1 Å². The van der Waals surface area contributed by atoms with Gasteiger partial charge in [-0.25, -0.2) is 4.39 Å². The molecule has 0 aromatic heterocycles. The van der Waals surface area contributed by atoms with Crippen LogP contribution in [-0.2, 0) is 0 Å². The SMILES string of the molecule is CNC(=O)c1cc(Cl)c(OCC2CCCN2c2ccc(Cl)c(Cl)c2)cc1F. The highest BCUT2D eigenvalue weighted by Crippen LogP contribution is 2.33. The average molecular weight is 432 g/mol. The fourth-order valence-electron chi connectivity index (χ4n) is 3.15. The second-order valence-electron chi connectivity index (χ2n) is 6.24.